The van der Waals surface area contributed by atoms with Crippen LogP contribution in [0.4, 0.5) is 5.69 Å². The van der Waals surface area contributed by atoms with E-state index >= 15 is 0 Å². The summed E-state index contributed by atoms with van der Waals surface area (Å²) in [5.74, 6) is 0.0593. The van der Waals surface area contributed by atoms with E-state index in [2.05, 4.69) is 9.37 Å². The number of nitrogen functional groups attached to an aromatic ring is 1. The van der Waals surface area contributed by atoms with E-state index in [0.29, 0.717) is 16.0 Å². The van der Waals surface area contributed by atoms with Gasteiger partial charge in [-0.3, -0.25) is 0 Å². The second-order valence-corrected chi connectivity index (χ2v) is 4.39. The van der Waals surface area contributed by atoms with Gasteiger partial charge in [0, 0.05) is 16.0 Å². The molecule has 0 atom stereocenters. The van der Waals surface area contributed by atoms with E-state index in [-0.39, 0.29) is 5.75 Å². The molecule has 17 heavy (non-hydrogen) atoms. The second kappa shape index (κ2) is 4.80. The highest BCUT2D eigenvalue weighted by molar-refractivity contribution is 7.94. The van der Waals surface area contributed by atoms with Crippen molar-refractivity contribution >= 4 is 28.5 Å². The predicted octanol–water partition coefficient (Wildman–Crippen LogP) is 2.86. The molecule has 90 valence electrons. The first-order valence-corrected chi connectivity index (χ1v) is 5.53. The Morgan fingerprint density at radius 2 is 2.00 bits per heavy atom. The molecule has 2 aromatic carbocycles. The molecule has 0 unspecified atom stereocenters. The Balaban J connectivity index is 2.56. The molecule has 0 heterocycles. The summed E-state index contributed by atoms with van der Waals surface area (Å²) in [5.41, 5.74) is 7.36. The average molecular weight is 253 g/mol. The van der Waals surface area contributed by atoms with E-state index in [0.717, 1.165) is 23.0 Å². The fourth-order valence-electron chi connectivity index (χ4n) is 1.76. The minimum atomic E-state index is 0.0593. The molecule has 0 radical (unpaired) electrons. The zero-order valence-corrected chi connectivity index (χ0v) is 9.82. The molecule has 5 nitrogen and oxygen atoms in total. The molecule has 0 saturated carbocycles. The largest absolute Gasteiger partial charge is 0.507 e. The van der Waals surface area contributed by atoms with Crippen molar-refractivity contribution in [1.29, 1.82) is 0 Å². The van der Waals surface area contributed by atoms with Gasteiger partial charge in [0.2, 0.25) is 0 Å². The minimum absolute atomic E-state index is 0.0593. The quantitative estimate of drug-likeness (QED) is 0.337. The average Bonchev–Trinajstić information content (AvgIpc) is 2.24. The lowest BCUT2D eigenvalue weighted by atomic mass is 10.0. The third-order valence-electron chi connectivity index (χ3n) is 2.34. The number of hydrogen-bond acceptors (Lipinski definition) is 6. The highest BCUT2D eigenvalue weighted by atomic mass is 32.2. The van der Waals surface area contributed by atoms with Gasteiger partial charge in [-0.1, -0.05) is 11.1 Å². The van der Waals surface area contributed by atoms with E-state index in [1.54, 1.807) is 12.1 Å². The van der Waals surface area contributed by atoms with Crippen LogP contribution in [0, 0.1) is 6.92 Å². The zero-order valence-electron chi connectivity index (χ0n) is 9.01. The lowest BCUT2D eigenvalue weighted by molar-refractivity contribution is -0.432. The molecular formula is C11H11NO4S. The molecule has 0 aliphatic carbocycles. The molecule has 0 aliphatic heterocycles. The maximum absolute atomic E-state index is 9.87. The molecule has 0 fully saturated rings. The van der Waals surface area contributed by atoms with Crippen molar-refractivity contribution < 1.29 is 19.7 Å². The summed E-state index contributed by atoms with van der Waals surface area (Å²) in [7, 11) is 0. The first-order valence-electron chi connectivity index (χ1n) is 4.79. The van der Waals surface area contributed by atoms with Crippen LogP contribution in [0.15, 0.2) is 29.2 Å². The normalized spacial score (nSPS) is 10.9. The number of aryl methyl sites for hydroxylation is 1. The van der Waals surface area contributed by atoms with Crippen LogP contribution < -0.4 is 5.73 Å². The highest BCUT2D eigenvalue weighted by Gasteiger charge is 2.08. The van der Waals surface area contributed by atoms with E-state index in [4.69, 9.17) is 11.0 Å². The van der Waals surface area contributed by atoms with Crippen molar-refractivity contribution in [2.24, 2.45) is 0 Å². The van der Waals surface area contributed by atoms with Crippen LogP contribution in [0.1, 0.15) is 5.56 Å². The summed E-state index contributed by atoms with van der Waals surface area (Å²) >= 11 is 0.788. The molecule has 0 amide bonds. The van der Waals surface area contributed by atoms with Gasteiger partial charge >= 0.3 is 0 Å². The highest BCUT2D eigenvalue weighted by Crippen LogP contribution is 2.35. The van der Waals surface area contributed by atoms with Gasteiger partial charge in [0.05, 0.1) is 12.0 Å². The summed E-state index contributed by atoms with van der Waals surface area (Å²) in [5, 5.41) is 22.8. The summed E-state index contributed by atoms with van der Waals surface area (Å²) in [6.07, 6.45) is 0. The van der Waals surface area contributed by atoms with Crippen LogP contribution in [0.3, 0.4) is 0 Å². The van der Waals surface area contributed by atoms with Gasteiger partial charge in [0.25, 0.3) is 0 Å². The van der Waals surface area contributed by atoms with E-state index < -0.39 is 0 Å². The van der Waals surface area contributed by atoms with Crippen LogP contribution in [-0.2, 0) is 9.37 Å². The molecule has 0 aliphatic rings. The molecule has 2 rings (SSSR count). The van der Waals surface area contributed by atoms with Crippen molar-refractivity contribution in [1.82, 2.24) is 0 Å². The van der Waals surface area contributed by atoms with Gasteiger partial charge in [-0.05, 0) is 36.1 Å². The fraction of sp³-hybridized carbons (Fsp3) is 0.0909. The van der Waals surface area contributed by atoms with Gasteiger partial charge in [-0.25, -0.2) is 5.26 Å². The number of rotatable bonds is 3. The molecule has 0 bridgehead atoms. The maximum Gasteiger partial charge on any atom is 0.126 e. The summed E-state index contributed by atoms with van der Waals surface area (Å²) in [4.78, 5) is 0.592. The van der Waals surface area contributed by atoms with Crippen LogP contribution in [-0.4, -0.2) is 10.4 Å². The molecule has 2 aromatic rings. The molecular weight excluding hydrogens is 242 g/mol. The van der Waals surface area contributed by atoms with Gasteiger partial charge < -0.3 is 10.8 Å². The fourth-order valence-corrected chi connectivity index (χ4v) is 2.20. The Morgan fingerprint density at radius 3 is 2.71 bits per heavy atom. The number of benzene rings is 2. The van der Waals surface area contributed by atoms with Crippen molar-refractivity contribution in [2.75, 3.05) is 5.73 Å². The van der Waals surface area contributed by atoms with Crippen LogP contribution >= 0.6 is 12.0 Å². The standard InChI is InChI=1S/C11H11NO4S/c1-6-2-7-4-8(17-16-15-14)5-10(13)11(7)9(12)3-6/h2-5,13-14H,12H2,1H3. The molecule has 4 N–H and O–H groups in total. The van der Waals surface area contributed by atoms with E-state index in [1.807, 2.05) is 13.0 Å². The monoisotopic (exact) mass is 253 g/mol. The molecule has 6 heteroatoms. The summed E-state index contributed by atoms with van der Waals surface area (Å²) in [6.45, 7) is 1.92. The molecule has 0 aromatic heterocycles. The van der Waals surface area contributed by atoms with Gasteiger partial charge in [0.1, 0.15) is 5.75 Å². The number of anilines is 1. The zero-order chi connectivity index (χ0) is 12.4. The van der Waals surface area contributed by atoms with Crippen molar-refractivity contribution in [3.8, 4) is 5.75 Å². The van der Waals surface area contributed by atoms with E-state index in [9.17, 15) is 5.11 Å². The maximum atomic E-state index is 9.87. The Labute approximate surface area is 102 Å². The SMILES string of the molecule is Cc1cc(N)c2c(O)cc(SOOO)cc2c1. The Morgan fingerprint density at radius 1 is 1.24 bits per heavy atom. The second-order valence-electron chi connectivity index (χ2n) is 3.62. The number of nitrogens with two attached hydrogens (primary N) is 1. The summed E-state index contributed by atoms with van der Waals surface area (Å²) < 4.78 is 4.31. The molecule has 0 spiro atoms. The number of phenols is 1. The Hall–Kier alpha value is -1.47. The van der Waals surface area contributed by atoms with Crippen LogP contribution in [0.25, 0.3) is 10.8 Å². The third-order valence-corrected chi connectivity index (χ3v) is 2.89. The number of fused-ring (bicyclic) bond motifs is 1. The lowest BCUT2D eigenvalue weighted by Gasteiger charge is -2.08. The number of aromatic hydroxyl groups is 1. The lowest BCUT2D eigenvalue weighted by Crippen LogP contribution is -1.90. The van der Waals surface area contributed by atoms with E-state index in [1.165, 1.54) is 6.07 Å². The van der Waals surface area contributed by atoms with Crippen molar-refractivity contribution in [3.63, 3.8) is 0 Å². The summed E-state index contributed by atoms with van der Waals surface area (Å²) in [6, 6.07) is 6.96. The predicted molar refractivity (Wildman–Crippen MR) is 65.4 cm³/mol. The van der Waals surface area contributed by atoms with Crippen molar-refractivity contribution in [3.05, 3.63) is 29.8 Å². The van der Waals surface area contributed by atoms with Crippen LogP contribution in [0.5, 0.6) is 5.75 Å². The number of phenolic OH excluding ortho intramolecular Hbond substituents is 1. The van der Waals surface area contributed by atoms with Crippen LogP contribution in [0.2, 0.25) is 0 Å². The van der Waals surface area contributed by atoms with Gasteiger partial charge in [-0.15, -0.1) is 4.33 Å². The minimum Gasteiger partial charge on any atom is -0.507 e. The first kappa shape index (κ1) is 12.0. The smallest absolute Gasteiger partial charge is 0.126 e. The number of hydrogen-bond donors (Lipinski definition) is 3. The van der Waals surface area contributed by atoms with Gasteiger partial charge in [-0.2, -0.15) is 0 Å². The topological polar surface area (TPSA) is 84.9 Å². The molecule has 0 saturated heterocycles. The Bertz CT molecular complexity index is 559. The third kappa shape index (κ3) is 2.45. The first-order chi connectivity index (χ1) is 8.11. The van der Waals surface area contributed by atoms with Crippen molar-refractivity contribution in [2.45, 2.75) is 11.8 Å². The van der Waals surface area contributed by atoms with Gasteiger partial charge in [0.15, 0.2) is 0 Å². The Kier molecular flexibility index (Phi) is 3.39.